The number of ether oxygens (including phenoxy) is 1. The number of anilines is 2. The van der Waals surface area contributed by atoms with E-state index in [0.29, 0.717) is 28.8 Å². The normalized spacial score (nSPS) is 11.0. The summed E-state index contributed by atoms with van der Waals surface area (Å²) in [5.74, 6) is 0.216. The minimum absolute atomic E-state index is 0.0918. The van der Waals surface area contributed by atoms with Crippen molar-refractivity contribution in [3.05, 3.63) is 59.0 Å². The number of fused-ring (bicyclic) bond motifs is 1. The van der Waals surface area contributed by atoms with E-state index in [1.807, 2.05) is 6.07 Å². The van der Waals surface area contributed by atoms with Crippen LogP contribution in [0.1, 0.15) is 96.8 Å². The molecule has 6 nitrogen and oxygen atoms in total. The molecule has 194 valence electrons. The fourth-order valence-electron chi connectivity index (χ4n) is 4.30. The SMILES string of the molecule is CCCCCCCCCCCCCCCC(=O)Oc1cccc(Nc2nc3ccccc3c(=O)o2)c1. The first kappa shape index (κ1) is 27.4. The van der Waals surface area contributed by atoms with Crippen molar-refractivity contribution in [3.63, 3.8) is 0 Å². The summed E-state index contributed by atoms with van der Waals surface area (Å²) in [6.07, 6.45) is 17.0. The lowest BCUT2D eigenvalue weighted by molar-refractivity contribution is -0.134. The first-order chi connectivity index (χ1) is 17.7. The number of hydrogen-bond acceptors (Lipinski definition) is 6. The zero-order chi connectivity index (χ0) is 25.4. The number of aromatic nitrogens is 1. The predicted octanol–water partition coefficient (Wildman–Crippen LogP) is 8.32. The molecule has 0 aliphatic rings. The van der Waals surface area contributed by atoms with Crippen LogP contribution in [0.2, 0.25) is 0 Å². The second kappa shape index (κ2) is 15.8. The van der Waals surface area contributed by atoms with E-state index in [2.05, 4.69) is 17.2 Å². The molecular weight excluding hydrogens is 452 g/mol. The van der Waals surface area contributed by atoms with Crippen molar-refractivity contribution in [3.8, 4) is 5.75 Å². The maximum atomic E-state index is 12.3. The van der Waals surface area contributed by atoms with Crippen molar-refractivity contribution in [2.45, 2.75) is 96.8 Å². The Morgan fingerprint density at radius 1 is 0.833 bits per heavy atom. The molecule has 3 aromatic rings. The predicted molar refractivity (Wildman–Crippen MR) is 146 cm³/mol. The van der Waals surface area contributed by atoms with Crippen LogP contribution in [0.5, 0.6) is 5.75 Å². The van der Waals surface area contributed by atoms with Crippen LogP contribution in [-0.2, 0) is 4.79 Å². The van der Waals surface area contributed by atoms with Gasteiger partial charge in [-0.2, -0.15) is 4.98 Å². The highest BCUT2D eigenvalue weighted by molar-refractivity contribution is 5.78. The molecule has 0 amide bonds. The summed E-state index contributed by atoms with van der Waals surface area (Å²) in [6.45, 7) is 2.26. The molecule has 6 heteroatoms. The van der Waals surface area contributed by atoms with Gasteiger partial charge in [0.2, 0.25) is 0 Å². The van der Waals surface area contributed by atoms with E-state index in [0.717, 1.165) is 12.8 Å². The third kappa shape index (κ3) is 9.84. The van der Waals surface area contributed by atoms with Crippen LogP contribution in [-0.4, -0.2) is 11.0 Å². The van der Waals surface area contributed by atoms with Crippen LogP contribution in [0.15, 0.2) is 57.7 Å². The Kier molecular flexibility index (Phi) is 12.0. The fourth-order valence-corrected chi connectivity index (χ4v) is 4.30. The highest BCUT2D eigenvalue weighted by Crippen LogP contribution is 2.22. The third-order valence-electron chi connectivity index (χ3n) is 6.34. The van der Waals surface area contributed by atoms with Crippen LogP contribution in [0, 0.1) is 0 Å². The van der Waals surface area contributed by atoms with Crippen LogP contribution in [0.3, 0.4) is 0 Å². The maximum Gasteiger partial charge on any atom is 0.348 e. The Labute approximate surface area is 214 Å². The summed E-state index contributed by atoms with van der Waals surface area (Å²) in [4.78, 5) is 28.7. The van der Waals surface area contributed by atoms with Crippen LogP contribution in [0.4, 0.5) is 11.7 Å². The lowest BCUT2D eigenvalue weighted by Crippen LogP contribution is -2.08. The molecule has 0 saturated heterocycles. The first-order valence-corrected chi connectivity index (χ1v) is 13.6. The van der Waals surface area contributed by atoms with Gasteiger partial charge in [0.15, 0.2) is 0 Å². The molecule has 0 aliphatic carbocycles. The number of nitrogens with zero attached hydrogens (tertiary/aromatic N) is 1. The molecule has 0 aliphatic heterocycles. The lowest BCUT2D eigenvalue weighted by atomic mass is 10.0. The molecule has 0 spiro atoms. The van der Waals surface area contributed by atoms with Gasteiger partial charge in [-0.3, -0.25) is 4.79 Å². The number of unbranched alkanes of at least 4 members (excludes halogenated alkanes) is 12. The third-order valence-corrected chi connectivity index (χ3v) is 6.34. The van der Waals surface area contributed by atoms with Gasteiger partial charge in [-0.1, -0.05) is 102 Å². The number of rotatable bonds is 17. The van der Waals surface area contributed by atoms with E-state index in [9.17, 15) is 9.59 Å². The van der Waals surface area contributed by atoms with Crippen LogP contribution in [0.25, 0.3) is 10.9 Å². The largest absolute Gasteiger partial charge is 0.426 e. The zero-order valence-corrected chi connectivity index (χ0v) is 21.6. The quantitative estimate of drug-likeness (QED) is 0.116. The lowest BCUT2D eigenvalue weighted by Gasteiger charge is -2.08. The van der Waals surface area contributed by atoms with Gasteiger partial charge in [-0.05, 0) is 30.7 Å². The molecule has 1 heterocycles. The fraction of sp³-hybridized carbons (Fsp3) is 0.500. The van der Waals surface area contributed by atoms with E-state index in [4.69, 9.17) is 9.15 Å². The van der Waals surface area contributed by atoms with Gasteiger partial charge in [-0.25, -0.2) is 4.79 Å². The number of para-hydroxylation sites is 1. The van der Waals surface area contributed by atoms with E-state index < -0.39 is 5.63 Å². The van der Waals surface area contributed by atoms with Gasteiger partial charge >= 0.3 is 17.6 Å². The number of carbonyl (C=O) groups excluding carboxylic acids is 1. The summed E-state index contributed by atoms with van der Waals surface area (Å²) in [5.41, 5.74) is 0.715. The van der Waals surface area contributed by atoms with Gasteiger partial charge in [0.1, 0.15) is 5.75 Å². The highest BCUT2D eigenvalue weighted by Gasteiger charge is 2.09. The summed E-state index contributed by atoms with van der Waals surface area (Å²) in [6, 6.07) is 14.1. The molecule has 0 saturated carbocycles. The van der Waals surface area contributed by atoms with Crippen LogP contribution >= 0.6 is 0 Å². The van der Waals surface area contributed by atoms with Gasteiger partial charge < -0.3 is 14.5 Å². The van der Waals surface area contributed by atoms with E-state index in [-0.39, 0.29) is 12.0 Å². The Bertz CT molecular complexity index is 1130. The first-order valence-electron chi connectivity index (χ1n) is 13.6. The minimum atomic E-state index is -0.455. The van der Waals surface area contributed by atoms with Crippen molar-refractivity contribution >= 4 is 28.6 Å². The Morgan fingerprint density at radius 3 is 2.17 bits per heavy atom. The average Bonchev–Trinajstić information content (AvgIpc) is 2.87. The van der Waals surface area contributed by atoms with Crippen molar-refractivity contribution in [2.75, 3.05) is 5.32 Å². The molecule has 3 rings (SSSR count). The van der Waals surface area contributed by atoms with Crippen molar-refractivity contribution in [2.24, 2.45) is 0 Å². The zero-order valence-electron chi connectivity index (χ0n) is 21.6. The Morgan fingerprint density at radius 2 is 1.47 bits per heavy atom. The highest BCUT2D eigenvalue weighted by atomic mass is 16.5. The average molecular weight is 493 g/mol. The number of esters is 1. The molecular formula is C30H40N2O4. The van der Waals surface area contributed by atoms with E-state index in [1.165, 1.54) is 70.6 Å². The molecule has 0 atom stereocenters. The molecule has 0 unspecified atom stereocenters. The number of hydrogen-bond donors (Lipinski definition) is 1. The number of benzene rings is 2. The molecule has 1 N–H and O–H groups in total. The second-order valence-corrected chi connectivity index (χ2v) is 9.44. The van der Waals surface area contributed by atoms with Gasteiger partial charge in [0, 0.05) is 18.2 Å². The Hall–Kier alpha value is -3.15. The van der Waals surface area contributed by atoms with Crippen molar-refractivity contribution in [1.29, 1.82) is 0 Å². The molecule has 1 aromatic heterocycles. The molecule has 2 aromatic carbocycles. The summed E-state index contributed by atoms with van der Waals surface area (Å²) < 4.78 is 10.8. The Balaban J connectivity index is 1.30. The summed E-state index contributed by atoms with van der Waals surface area (Å²) in [7, 11) is 0. The summed E-state index contributed by atoms with van der Waals surface area (Å²) >= 11 is 0. The van der Waals surface area contributed by atoms with Crippen molar-refractivity contribution in [1.82, 2.24) is 4.98 Å². The minimum Gasteiger partial charge on any atom is -0.426 e. The van der Waals surface area contributed by atoms with Gasteiger partial charge in [0.25, 0.3) is 0 Å². The monoisotopic (exact) mass is 492 g/mol. The number of carbonyl (C=O) groups is 1. The second-order valence-electron chi connectivity index (χ2n) is 9.44. The smallest absolute Gasteiger partial charge is 0.348 e. The molecule has 0 fully saturated rings. The topological polar surface area (TPSA) is 81.4 Å². The van der Waals surface area contributed by atoms with E-state index >= 15 is 0 Å². The maximum absolute atomic E-state index is 12.3. The summed E-state index contributed by atoms with van der Waals surface area (Å²) in [5, 5.41) is 3.41. The van der Waals surface area contributed by atoms with E-state index in [1.54, 1.807) is 42.5 Å². The number of nitrogens with one attached hydrogen (secondary N) is 1. The molecule has 0 bridgehead atoms. The standard InChI is InChI=1S/C30H40N2O4/c1-2-3-4-5-6-7-8-9-10-11-12-13-14-22-28(33)35-25-19-17-18-24(23-25)31-30-32-27-21-16-15-20-26(27)29(34)36-30/h15-21,23H,2-14,22H2,1H3,(H,31,32). The van der Waals surface area contributed by atoms with Crippen LogP contribution < -0.4 is 15.7 Å². The molecule has 0 radical (unpaired) electrons. The van der Waals surface area contributed by atoms with Crippen molar-refractivity contribution < 1.29 is 13.9 Å². The van der Waals surface area contributed by atoms with Gasteiger partial charge in [-0.15, -0.1) is 0 Å². The van der Waals surface area contributed by atoms with Gasteiger partial charge in [0.05, 0.1) is 10.9 Å². The molecule has 36 heavy (non-hydrogen) atoms.